The molecule has 0 unspecified atom stereocenters. The van der Waals surface area contributed by atoms with Crippen molar-refractivity contribution in [2.24, 2.45) is 0 Å². The van der Waals surface area contributed by atoms with Gasteiger partial charge in [-0.1, -0.05) is 23.7 Å². The van der Waals surface area contributed by atoms with Gasteiger partial charge in [0.2, 0.25) is 0 Å². The molecule has 1 heterocycles. The Balaban J connectivity index is 2.15. The van der Waals surface area contributed by atoms with E-state index < -0.39 is 0 Å². The number of benzene rings is 2. The Morgan fingerprint density at radius 3 is 2.55 bits per heavy atom. The Morgan fingerprint density at radius 1 is 1.00 bits per heavy atom. The molecule has 2 aromatic carbocycles. The summed E-state index contributed by atoms with van der Waals surface area (Å²) in [6, 6.07) is 15.2. The summed E-state index contributed by atoms with van der Waals surface area (Å²) in [7, 11) is 3.26. The average molecular weight is 315 g/mol. The third-order valence-electron chi connectivity index (χ3n) is 3.41. The molecule has 3 rings (SSSR count). The van der Waals surface area contributed by atoms with Gasteiger partial charge in [0.25, 0.3) is 0 Å². The van der Waals surface area contributed by atoms with Gasteiger partial charge in [-0.05, 0) is 30.3 Å². The lowest BCUT2D eigenvalue weighted by Gasteiger charge is -2.13. The highest BCUT2D eigenvalue weighted by Crippen LogP contribution is 2.35. The minimum Gasteiger partial charge on any atom is -0.497 e. The fraction of sp³-hybridized carbons (Fsp3) is 0.118. The highest BCUT2D eigenvalue weighted by atomic mass is 35.5. The molecule has 22 heavy (non-hydrogen) atoms. The second kappa shape index (κ2) is 6.12. The van der Waals surface area contributed by atoms with Crippen molar-refractivity contribution in [3.63, 3.8) is 0 Å². The van der Waals surface area contributed by atoms with Gasteiger partial charge in [-0.3, -0.25) is 0 Å². The molecule has 0 fully saturated rings. The van der Waals surface area contributed by atoms with Gasteiger partial charge in [-0.2, -0.15) is 5.10 Å². The van der Waals surface area contributed by atoms with Crippen molar-refractivity contribution in [3.8, 4) is 28.4 Å². The molecule has 0 aliphatic rings. The third kappa shape index (κ3) is 2.53. The molecular formula is C17H15ClN2O2. The van der Waals surface area contributed by atoms with Crippen LogP contribution in [0.4, 0.5) is 0 Å². The molecular weight excluding hydrogens is 300 g/mol. The lowest BCUT2D eigenvalue weighted by molar-refractivity contribution is 0.395. The topological polar surface area (TPSA) is 36.3 Å². The predicted molar refractivity (Wildman–Crippen MR) is 87.1 cm³/mol. The number of hydrogen-bond acceptors (Lipinski definition) is 3. The summed E-state index contributed by atoms with van der Waals surface area (Å²) in [5.74, 6) is 1.46. The quantitative estimate of drug-likeness (QED) is 0.723. The molecule has 0 atom stereocenters. The van der Waals surface area contributed by atoms with E-state index in [0.29, 0.717) is 10.8 Å². The predicted octanol–water partition coefficient (Wildman–Crippen LogP) is 4.21. The van der Waals surface area contributed by atoms with Gasteiger partial charge in [-0.15, -0.1) is 0 Å². The molecule has 5 heteroatoms. The molecule has 0 saturated heterocycles. The van der Waals surface area contributed by atoms with E-state index in [4.69, 9.17) is 21.1 Å². The Kier molecular flexibility index (Phi) is 4.02. The molecule has 0 radical (unpaired) electrons. The van der Waals surface area contributed by atoms with E-state index in [0.717, 1.165) is 22.7 Å². The van der Waals surface area contributed by atoms with Crippen LogP contribution < -0.4 is 9.47 Å². The molecule has 3 aromatic rings. The van der Waals surface area contributed by atoms with E-state index in [1.165, 1.54) is 0 Å². The molecule has 0 aliphatic heterocycles. The largest absolute Gasteiger partial charge is 0.497 e. The van der Waals surface area contributed by atoms with E-state index >= 15 is 0 Å². The number of aromatic nitrogens is 2. The molecule has 1 aromatic heterocycles. The minimum atomic E-state index is 0.639. The van der Waals surface area contributed by atoms with Crippen LogP contribution in [0, 0.1) is 0 Å². The Labute approximate surface area is 133 Å². The van der Waals surface area contributed by atoms with Crippen LogP contribution in [0.1, 0.15) is 0 Å². The third-order valence-corrected chi connectivity index (χ3v) is 3.73. The van der Waals surface area contributed by atoms with Gasteiger partial charge in [-0.25, -0.2) is 4.68 Å². The van der Waals surface area contributed by atoms with Crippen LogP contribution in [0.5, 0.6) is 11.5 Å². The Hall–Kier alpha value is -2.46. The van der Waals surface area contributed by atoms with E-state index in [9.17, 15) is 0 Å². The molecule has 0 bridgehead atoms. The maximum Gasteiger partial charge on any atom is 0.131 e. The lowest BCUT2D eigenvalue weighted by atomic mass is 10.1. The highest BCUT2D eigenvalue weighted by Gasteiger charge is 2.14. The van der Waals surface area contributed by atoms with Gasteiger partial charge in [0.05, 0.1) is 36.8 Å². The molecule has 0 N–H and O–H groups in total. The van der Waals surface area contributed by atoms with Gasteiger partial charge in [0, 0.05) is 11.6 Å². The van der Waals surface area contributed by atoms with Gasteiger partial charge in [0.15, 0.2) is 0 Å². The average Bonchev–Trinajstić information content (AvgIpc) is 3.03. The standard InChI is InChI=1S/C17H15ClN2O2/c1-21-12-7-8-13(17(11-12)22-2)15-9-10-19-20(15)16-6-4-3-5-14(16)18/h3-11H,1-2H3. The van der Waals surface area contributed by atoms with Crippen LogP contribution in [-0.2, 0) is 0 Å². The smallest absolute Gasteiger partial charge is 0.131 e. The first kappa shape index (κ1) is 14.5. The number of ether oxygens (including phenoxy) is 2. The first-order valence-corrected chi connectivity index (χ1v) is 7.13. The number of rotatable bonds is 4. The van der Waals surface area contributed by atoms with E-state index in [2.05, 4.69) is 5.10 Å². The van der Waals surface area contributed by atoms with Crippen molar-refractivity contribution < 1.29 is 9.47 Å². The van der Waals surface area contributed by atoms with Crippen molar-refractivity contribution in [3.05, 3.63) is 59.8 Å². The van der Waals surface area contributed by atoms with Crippen molar-refractivity contribution in [1.82, 2.24) is 9.78 Å². The summed E-state index contributed by atoms with van der Waals surface area (Å²) in [6.45, 7) is 0. The second-order valence-electron chi connectivity index (χ2n) is 4.65. The normalized spacial score (nSPS) is 10.5. The maximum atomic E-state index is 6.28. The van der Waals surface area contributed by atoms with Crippen molar-refractivity contribution >= 4 is 11.6 Å². The van der Waals surface area contributed by atoms with Crippen LogP contribution in [0.3, 0.4) is 0 Å². The monoisotopic (exact) mass is 314 g/mol. The van der Waals surface area contributed by atoms with Crippen molar-refractivity contribution in [1.29, 1.82) is 0 Å². The van der Waals surface area contributed by atoms with E-state index in [1.54, 1.807) is 25.1 Å². The number of nitrogens with zero attached hydrogens (tertiary/aromatic N) is 2. The first-order valence-electron chi connectivity index (χ1n) is 6.76. The Bertz CT molecular complexity index is 799. The zero-order valence-corrected chi connectivity index (χ0v) is 13.0. The fourth-order valence-electron chi connectivity index (χ4n) is 2.33. The van der Waals surface area contributed by atoms with E-state index in [-0.39, 0.29) is 0 Å². The van der Waals surface area contributed by atoms with Crippen molar-refractivity contribution in [2.45, 2.75) is 0 Å². The van der Waals surface area contributed by atoms with E-state index in [1.807, 2.05) is 48.5 Å². The summed E-state index contributed by atoms with van der Waals surface area (Å²) in [5, 5.41) is 5.03. The number of para-hydroxylation sites is 1. The molecule has 4 nitrogen and oxygen atoms in total. The van der Waals surface area contributed by atoms with Crippen molar-refractivity contribution in [2.75, 3.05) is 14.2 Å². The van der Waals surface area contributed by atoms with Crippen LogP contribution in [0.25, 0.3) is 16.9 Å². The number of methoxy groups -OCH3 is 2. The van der Waals surface area contributed by atoms with Gasteiger partial charge >= 0.3 is 0 Å². The maximum absolute atomic E-state index is 6.28. The Morgan fingerprint density at radius 2 is 1.82 bits per heavy atom. The minimum absolute atomic E-state index is 0.639. The number of halogens is 1. The second-order valence-corrected chi connectivity index (χ2v) is 5.05. The summed E-state index contributed by atoms with van der Waals surface area (Å²) >= 11 is 6.28. The summed E-state index contributed by atoms with van der Waals surface area (Å²) in [6.07, 6.45) is 1.74. The van der Waals surface area contributed by atoms with Crippen LogP contribution in [0.15, 0.2) is 54.7 Å². The zero-order chi connectivity index (χ0) is 15.5. The lowest BCUT2D eigenvalue weighted by Crippen LogP contribution is -2.01. The number of hydrogen-bond donors (Lipinski definition) is 0. The molecule has 0 aliphatic carbocycles. The van der Waals surface area contributed by atoms with Crippen LogP contribution in [0.2, 0.25) is 5.02 Å². The fourth-order valence-corrected chi connectivity index (χ4v) is 2.55. The summed E-state index contributed by atoms with van der Waals surface area (Å²) in [5.41, 5.74) is 2.63. The molecule has 0 amide bonds. The summed E-state index contributed by atoms with van der Waals surface area (Å²) in [4.78, 5) is 0. The SMILES string of the molecule is COc1ccc(-c2ccnn2-c2ccccc2Cl)c(OC)c1. The zero-order valence-electron chi connectivity index (χ0n) is 12.3. The van der Waals surface area contributed by atoms with Gasteiger partial charge < -0.3 is 9.47 Å². The van der Waals surface area contributed by atoms with Crippen LogP contribution >= 0.6 is 11.6 Å². The van der Waals surface area contributed by atoms with Gasteiger partial charge in [0.1, 0.15) is 11.5 Å². The summed E-state index contributed by atoms with van der Waals surface area (Å²) < 4.78 is 12.5. The molecule has 112 valence electrons. The highest BCUT2D eigenvalue weighted by molar-refractivity contribution is 6.32. The molecule has 0 spiro atoms. The first-order chi connectivity index (χ1) is 10.7. The molecule has 0 saturated carbocycles. The van der Waals surface area contributed by atoms with Crippen LogP contribution in [-0.4, -0.2) is 24.0 Å².